The Kier molecular flexibility index (Phi) is 4.91. The van der Waals surface area contributed by atoms with Crippen molar-refractivity contribution < 1.29 is 14.3 Å². The zero-order valence-corrected chi connectivity index (χ0v) is 17.5. The first-order chi connectivity index (χ1) is 13.4. The molecule has 8 heteroatoms. The molecule has 6 nitrogen and oxygen atoms in total. The Morgan fingerprint density at radius 1 is 1.25 bits per heavy atom. The molecule has 0 unspecified atom stereocenters. The van der Waals surface area contributed by atoms with Crippen LogP contribution in [0.15, 0.2) is 46.9 Å². The maximum absolute atomic E-state index is 12.4. The lowest BCUT2D eigenvalue weighted by atomic mass is 10.1. The number of aryl methyl sites for hydroxylation is 1. The molecule has 0 spiro atoms. The van der Waals surface area contributed by atoms with Crippen LogP contribution in [0, 0.1) is 6.92 Å². The topological polar surface area (TPSA) is 80.3 Å². The monoisotopic (exact) mass is 457 g/mol. The summed E-state index contributed by atoms with van der Waals surface area (Å²) in [6, 6.07) is 12.7. The van der Waals surface area contributed by atoms with E-state index in [4.69, 9.17) is 4.74 Å². The molecule has 0 fully saturated rings. The molecule has 142 valence electrons. The number of thiazole rings is 1. The van der Waals surface area contributed by atoms with E-state index in [1.54, 1.807) is 19.1 Å². The van der Waals surface area contributed by atoms with Crippen LogP contribution in [0.4, 0.5) is 10.8 Å². The number of nitrogens with one attached hydrogen (secondary N) is 2. The molecule has 0 saturated heterocycles. The van der Waals surface area contributed by atoms with Crippen LogP contribution in [0.1, 0.15) is 22.2 Å². The van der Waals surface area contributed by atoms with E-state index in [1.807, 2.05) is 37.3 Å². The molecule has 3 aromatic rings. The zero-order valence-electron chi connectivity index (χ0n) is 15.1. The normalized spacial score (nSPS) is 15.4. The first kappa shape index (κ1) is 18.6. The van der Waals surface area contributed by atoms with Gasteiger partial charge in [-0.2, -0.15) is 0 Å². The molecular formula is C20H16BrN3O3S. The molecule has 0 saturated carbocycles. The van der Waals surface area contributed by atoms with Crippen molar-refractivity contribution in [3.63, 3.8) is 0 Å². The van der Waals surface area contributed by atoms with Crippen molar-refractivity contribution >= 4 is 49.9 Å². The third-order valence-electron chi connectivity index (χ3n) is 4.31. The van der Waals surface area contributed by atoms with E-state index in [2.05, 4.69) is 31.5 Å². The molecular weight excluding hydrogens is 442 g/mol. The van der Waals surface area contributed by atoms with Crippen LogP contribution in [0.2, 0.25) is 0 Å². The van der Waals surface area contributed by atoms with Gasteiger partial charge in [0.1, 0.15) is 5.75 Å². The van der Waals surface area contributed by atoms with Crippen LogP contribution in [0.3, 0.4) is 0 Å². The molecule has 1 aliphatic heterocycles. The summed E-state index contributed by atoms with van der Waals surface area (Å²) in [5, 5.41) is 6.21. The molecule has 4 rings (SSSR count). The molecule has 2 N–H and O–H groups in total. The van der Waals surface area contributed by atoms with E-state index in [0.717, 1.165) is 20.6 Å². The Labute approximate surface area is 174 Å². The van der Waals surface area contributed by atoms with Crippen molar-refractivity contribution in [2.24, 2.45) is 0 Å². The first-order valence-corrected chi connectivity index (χ1v) is 10.2. The lowest BCUT2D eigenvalue weighted by Crippen LogP contribution is -2.34. The van der Waals surface area contributed by atoms with Gasteiger partial charge in [0.05, 0.1) is 11.4 Å². The van der Waals surface area contributed by atoms with Crippen molar-refractivity contribution in [2.45, 2.75) is 20.0 Å². The number of carbonyl (C=O) groups is 2. The van der Waals surface area contributed by atoms with Gasteiger partial charge in [-0.25, -0.2) is 4.98 Å². The molecule has 1 aliphatic rings. The van der Waals surface area contributed by atoms with Gasteiger partial charge in [0, 0.05) is 20.5 Å². The second kappa shape index (κ2) is 7.37. The minimum atomic E-state index is -0.514. The Bertz CT molecular complexity index is 1080. The van der Waals surface area contributed by atoms with Crippen LogP contribution in [-0.2, 0) is 4.79 Å². The standard InChI is InChI=1S/C20H16BrN3O3S/c1-10-18(25)22-15-9-13(5-8-16(15)27-10)17-11(2)28-20(23-17)24-19(26)12-3-6-14(21)7-4-12/h3-10H,1-2H3,(H,22,25)(H,23,24,26)/t10-/m0/s1. The number of hydrogen-bond acceptors (Lipinski definition) is 5. The lowest BCUT2D eigenvalue weighted by molar-refractivity contribution is -0.122. The summed E-state index contributed by atoms with van der Waals surface area (Å²) in [5.41, 5.74) is 2.77. The fourth-order valence-corrected chi connectivity index (χ4v) is 3.94. The number of amides is 2. The van der Waals surface area contributed by atoms with E-state index < -0.39 is 6.10 Å². The number of benzene rings is 2. The zero-order chi connectivity index (χ0) is 19.8. The predicted octanol–water partition coefficient (Wildman–Crippen LogP) is 4.85. The molecule has 0 bridgehead atoms. The molecule has 1 aromatic heterocycles. The number of rotatable bonds is 3. The highest BCUT2D eigenvalue weighted by atomic mass is 79.9. The second-order valence-corrected chi connectivity index (χ2v) is 8.46. The Balaban J connectivity index is 1.58. The Morgan fingerprint density at radius 3 is 2.75 bits per heavy atom. The summed E-state index contributed by atoms with van der Waals surface area (Å²) in [6.07, 6.45) is -0.514. The van der Waals surface area contributed by atoms with Gasteiger partial charge in [-0.15, -0.1) is 11.3 Å². The molecule has 1 atom stereocenters. The van der Waals surface area contributed by atoms with E-state index in [9.17, 15) is 9.59 Å². The minimum absolute atomic E-state index is 0.179. The van der Waals surface area contributed by atoms with Gasteiger partial charge in [-0.3, -0.25) is 14.9 Å². The minimum Gasteiger partial charge on any atom is -0.479 e. The largest absolute Gasteiger partial charge is 0.479 e. The Hall–Kier alpha value is -2.71. The molecule has 2 aromatic carbocycles. The molecule has 28 heavy (non-hydrogen) atoms. The van der Waals surface area contributed by atoms with Crippen molar-refractivity contribution in [3.8, 4) is 17.0 Å². The van der Waals surface area contributed by atoms with Crippen LogP contribution in [-0.4, -0.2) is 22.9 Å². The van der Waals surface area contributed by atoms with Crippen LogP contribution < -0.4 is 15.4 Å². The maximum atomic E-state index is 12.4. The van der Waals surface area contributed by atoms with Gasteiger partial charge in [0.15, 0.2) is 11.2 Å². The van der Waals surface area contributed by atoms with Crippen molar-refractivity contribution in [1.29, 1.82) is 0 Å². The second-order valence-electron chi connectivity index (χ2n) is 6.35. The average Bonchev–Trinajstić information content (AvgIpc) is 3.03. The highest BCUT2D eigenvalue weighted by Gasteiger charge is 2.24. The van der Waals surface area contributed by atoms with Crippen LogP contribution >= 0.6 is 27.3 Å². The van der Waals surface area contributed by atoms with Crippen molar-refractivity contribution in [2.75, 3.05) is 10.6 Å². The molecule has 2 heterocycles. The highest BCUT2D eigenvalue weighted by Crippen LogP contribution is 2.37. The summed E-state index contributed by atoms with van der Waals surface area (Å²) >= 11 is 4.76. The SMILES string of the molecule is Cc1sc(NC(=O)c2ccc(Br)cc2)nc1-c1ccc2c(c1)NC(=O)[C@H](C)O2. The van der Waals surface area contributed by atoms with E-state index >= 15 is 0 Å². The maximum Gasteiger partial charge on any atom is 0.265 e. The summed E-state index contributed by atoms with van der Waals surface area (Å²) in [5.74, 6) is 0.238. The number of ether oxygens (including phenoxy) is 1. The third-order valence-corrected chi connectivity index (χ3v) is 5.72. The number of fused-ring (bicyclic) bond motifs is 1. The van der Waals surface area contributed by atoms with E-state index in [-0.39, 0.29) is 11.8 Å². The van der Waals surface area contributed by atoms with Gasteiger partial charge in [0.2, 0.25) is 0 Å². The number of anilines is 2. The quantitative estimate of drug-likeness (QED) is 0.588. The van der Waals surface area contributed by atoms with Gasteiger partial charge in [0.25, 0.3) is 11.8 Å². The average molecular weight is 458 g/mol. The summed E-state index contributed by atoms with van der Waals surface area (Å²) in [4.78, 5) is 29.8. The molecule has 2 amide bonds. The van der Waals surface area contributed by atoms with Crippen LogP contribution in [0.5, 0.6) is 5.75 Å². The fraction of sp³-hybridized carbons (Fsp3) is 0.150. The van der Waals surface area contributed by atoms with Crippen molar-refractivity contribution in [3.05, 3.63) is 57.4 Å². The number of aromatic nitrogens is 1. The highest BCUT2D eigenvalue weighted by molar-refractivity contribution is 9.10. The predicted molar refractivity (Wildman–Crippen MR) is 113 cm³/mol. The van der Waals surface area contributed by atoms with Gasteiger partial charge >= 0.3 is 0 Å². The van der Waals surface area contributed by atoms with Crippen LogP contribution in [0.25, 0.3) is 11.3 Å². The smallest absolute Gasteiger partial charge is 0.265 e. The number of hydrogen-bond donors (Lipinski definition) is 2. The number of halogens is 1. The fourth-order valence-electron chi connectivity index (χ4n) is 2.84. The summed E-state index contributed by atoms with van der Waals surface area (Å²) < 4.78 is 6.50. The van der Waals surface area contributed by atoms with Gasteiger partial charge < -0.3 is 10.1 Å². The summed E-state index contributed by atoms with van der Waals surface area (Å²) in [7, 11) is 0. The number of nitrogens with zero attached hydrogens (tertiary/aromatic N) is 1. The summed E-state index contributed by atoms with van der Waals surface area (Å²) in [6.45, 7) is 3.65. The van der Waals surface area contributed by atoms with Gasteiger partial charge in [-0.1, -0.05) is 15.9 Å². The number of carbonyl (C=O) groups excluding carboxylic acids is 2. The van der Waals surface area contributed by atoms with E-state index in [0.29, 0.717) is 22.1 Å². The lowest BCUT2D eigenvalue weighted by Gasteiger charge is -2.23. The molecule has 0 radical (unpaired) electrons. The van der Waals surface area contributed by atoms with Gasteiger partial charge in [-0.05, 0) is 56.3 Å². The van der Waals surface area contributed by atoms with Crippen molar-refractivity contribution in [1.82, 2.24) is 4.98 Å². The van der Waals surface area contributed by atoms with E-state index in [1.165, 1.54) is 11.3 Å². The molecule has 0 aliphatic carbocycles. The first-order valence-electron chi connectivity index (χ1n) is 8.57. The third kappa shape index (κ3) is 3.65. The Morgan fingerprint density at radius 2 is 2.00 bits per heavy atom.